The fraction of sp³-hybridized carbons (Fsp3) is 0.167. The molecule has 3 aliphatic rings. The normalized spacial score (nSPS) is 12.9. The summed E-state index contributed by atoms with van der Waals surface area (Å²) in [6, 6.07) is 38.6. The number of hydrogen-bond acceptors (Lipinski definition) is 10. The minimum absolute atomic E-state index is 0.000948. The summed E-state index contributed by atoms with van der Waals surface area (Å²) >= 11 is 0. The molecule has 9 rings (SSSR count). The second kappa shape index (κ2) is 16.2. The standard InChI is InChI=1S/C48H37NO9/c50-45-35-15-4-1-12-32(35)42-30(10-7-18-38(42)45)28-57-55-26-23-49(22-25-54-48(53)41-21-9-20-40-44(41)34-14-3-6-17-37(34)47(40)52)24-27-56-58-29-31-11-8-19-39-43(31)33-13-2-5-16-36(33)46(39)51/h1-21H,22-29H2. The van der Waals surface area contributed by atoms with E-state index in [1.807, 2.05) is 108 Å². The number of ether oxygens (including phenoxy) is 1. The van der Waals surface area contributed by atoms with Crippen LogP contribution >= 0.6 is 0 Å². The third-order valence-corrected chi connectivity index (χ3v) is 10.9. The van der Waals surface area contributed by atoms with E-state index in [9.17, 15) is 19.2 Å². The molecule has 0 heterocycles. The molecule has 0 bridgehead atoms. The first kappa shape index (κ1) is 37.2. The van der Waals surface area contributed by atoms with Gasteiger partial charge in [0, 0.05) is 58.6 Å². The van der Waals surface area contributed by atoms with E-state index in [1.54, 1.807) is 24.3 Å². The Hall–Kier alpha value is -6.40. The summed E-state index contributed by atoms with van der Waals surface area (Å²) in [4.78, 5) is 77.0. The fourth-order valence-electron chi connectivity index (χ4n) is 8.13. The first-order valence-corrected chi connectivity index (χ1v) is 19.2. The third kappa shape index (κ3) is 6.87. The highest BCUT2D eigenvalue weighted by Gasteiger charge is 2.32. The number of nitrogens with zero attached hydrogens (tertiary/aromatic N) is 1. The summed E-state index contributed by atoms with van der Waals surface area (Å²) in [6.07, 6.45) is 0. The summed E-state index contributed by atoms with van der Waals surface area (Å²) in [7, 11) is 0. The molecule has 0 aliphatic heterocycles. The predicted molar refractivity (Wildman–Crippen MR) is 214 cm³/mol. The van der Waals surface area contributed by atoms with E-state index < -0.39 is 5.97 Å². The number of esters is 1. The molecule has 0 spiro atoms. The van der Waals surface area contributed by atoms with Crippen molar-refractivity contribution in [3.63, 3.8) is 0 Å². The van der Waals surface area contributed by atoms with Crippen molar-refractivity contribution in [2.24, 2.45) is 0 Å². The van der Waals surface area contributed by atoms with Crippen molar-refractivity contribution >= 4 is 23.3 Å². The summed E-state index contributed by atoms with van der Waals surface area (Å²) in [5.74, 6) is -0.634. The molecule has 0 radical (unpaired) electrons. The molecule has 0 unspecified atom stereocenters. The van der Waals surface area contributed by atoms with Crippen molar-refractivity contribution in [1.82, 2.24) is 4.90 Å². The zero-order chi connectivity index (χ0) is 39.6. The molecule has 0 fully saturated rings. The van der Waals surface area contributed by atoms with Gasteiger partial charge in [0.2, 0.25) is 0 Å². The molecule has 0 amide bonds. The zero-order valence-corrected chi connectivity index (χ0v) is 31.4. The maximum atomic E-state index is 13.4. The van der Waals surface area contributed by atoms with Gasteiger partial charge in [-0.05, 0) is 45.0 Å². The summed E-state index contributed by atoms with van der Waals surface area (Å²) in [5.41, 5.74) is 10.5. The Morgan fingerprint density at radius 1 is 0.397 bits per heavy atom. The van der Waals surface area contributed by atoms with Gasteiger partial charge >= 0.3 is 5.97 Å². The van der Waals surface area contributed by atoms with E-state index in [0.29, 0.717) is 64.1 Å². The van der Waals surface area contributed by atoms with Crippen molar-refractivity contribution in [2.45, 2.75) is 13.2 Å². The van der Waals surface area contributed by atoms with Crippen molar-refractivity contribution in [3.05, 3.63) is 177 Å². The van der Waals surface area contributed by atoms with Crippen LogP contribution in [0.2, 0.25) is 0 Å². The first-order chi connectivity index (χ1) is 28.5. The van der Waals surface area contributed by atoms with Gasteiger partial charge in [-0.1, -0.05) is 121 Å². The number of benzene rings is 6. The van der Waals surface area contributed by atoms with Crippen LogP contribution in [0.25, 0.3) is 33.4 Å². The topological polar surface area (TPSA) is 118 Å². The Labute approximate surface area is 334 Å². The molecule has 288 valence electrons. The highest BCUT2D eigenvalue weighted by molar-refractivity contribution is 6.25. The van der Waals surface area contributed by atoms with Crippen LogP contribution in [0.4, 0.5) is 0 Å². The van der Waals surface area contributed by atoms with E-state index in [0.717, 1.165) is 38.9 Å². The van der Waals surface area contributed by atoms with Gasteiger partial charge in [0.1, 0.15) is 19.8 Å². The zero-order valence-electron chi connectivity index (χ0n) is 31.4. The Bertz CT molecular complexity index is 2500. The highest BCUT2D eigenvalue weighted by Crippen LogP contribution is 2.41. The SMILES string of the molecule is O=C1c2ccccc2-c2c(COOCCN(CCOOCc3cccc4c3-c3ccccc3C4=O)CCOC(=O)c3cccc4c3-c3ccccc3C4=O)cccc21. The summed E-state index contributed by atoms with van der Waals surface area (Å²) in [5, 5.41) is 0. The molecule has 0 saturated carbocycles. The van der Waals surface area contributed by atoms with Gasteiger partial charge in [-0.25, -0.2) is 24.3 Å². The van der Waals surface area contributed by atoms with Crippen LogP contribution in [-0.4, -0.2) is 67.7 Å². The molecule has 0 N–H and O–H groups in total. The Morgan fingerprint density at radius 3 is 1.26 bits per heavy atom. The molecule has 6 aromatic carbocycles. The molecular weight excluding hydrogens is 735 g/mol. The number of ketones is 3. The van der Waals surface area contributed by atoms with Crippen LogP contribution in [0.15, 0.2) is 127 Å². The van der Waals surface area contributed by atoms with Crippen molar-refractivity contribution in [3.8, 4) is 33.4 Å². The number of rotatable bonds is 16. The van der Waals surface area contributed by atoms with Gasteiger partial charge in [-0.3, -0.25) is 19.3 Å². The smallest absolute Gasteiger partial charge is 0.338 e. The number of carbonyl (C=O) groups excluding carboxylic acids is 4. The molecule has 0 atom stereocenters. The van der Waals surface area contributed by atoms with Gasteiger partial charge in [0.25, 0.3) is 0 Å². The van der Waals surface area contributed by atoms with Crippen LogP contribution in [0.1, 0.15) is 69.2 Å². The molecule has 0 saturated heterocycles. The van der Waals surface area contributed by atoms with Gasteiger partial charge in [-0.2, -0.15) is 0 Å². The van der Waals surface area contributed by atoms with Crippen LogP contribution in [-0.2, 0) is 37.5 Å². The Morgan fingerprint density at radius 2 is 0.776 bits per heavy atom. The minimum Gasteiger partial charge on any atom is -0.461 e. The monoisotopic (exact) mass is 771 g/mol. The molecule has 10 nitrogen and oxygen atoms in total. The number of carbonyl (C=O) groups is 4. The Kier molecular flexibility index (Phi) is 10.4. The second-order valence-electron chi connectivity index (χ2n) is 14.2. The van der Waals surface area contributed by atoms with Gasteiger partial charge in [0.05, 0.1) is 18.8 Å². The average molecular weight is 772 g/mol. The van der Waals surface area contributed by atoms with Crippen LogP contribution in [0.3, 0.4) is 0 Å². The molecule has 6 aromatic rings. The number of hydrogen-bond donors (Lipinski definition) is 0. The lowest BCUT2D eigenvalue weighted by Gasteiger charge is -2.22. The lowest BCUT2D eigenvalue weighted by molar-refractivity contribution is -0.310. The first-order valence-electron chi connectivity index (χ1n) is 19.2. The van der Waals surface area contributed by atoms with Gasteiger partial charge < -0.3 is 4.74 Å². The second-order valence-corrected chi connectivity index (χ2v) is 14.2. The summed E-state index contributed by atoms with van der Waals surface area (Å²) < 4.78 is 5.77. The number of fused-ring (bicyclic) bond motifs is 9. The maximum Gasteiger partial charge on any atom is 0.338 e. The van der Waals surface area contributed by atoms with Gasteiger partial charge in [-0.15, -0.1) is 0 Å². The third-order valence-electron chi connectivity index (χ3n) is 10.9. The minimum atomic E-state index is -0.522. The lowest BCUT2D eigenvalue weighted by atomic mass is 9.99. The molecule has 58 heavy (non-hydrogen) atoms. The average Bonchev–Trinajstić information content (AvgIpc) is 3.85. The van der Waals surface area contributed by atoms with Gasteiger partial charge in [0.15, 0.2) is 17.3 Å². The molecule has 0 aromatic heterocycles. The van der Waals surface area contributed by atoms with Crippen molar-refractivity contribution < 1.29 is 43.5 Å². The maximum absolute atomic E-state index is 13.4. The van der Waals surface area contributed by atoms with E-state index in [2.05, 4.69) is 0 Å². The van der Waals surface area contributed by atoms with Crippen LogP contribution in [0.5, 0.6) is 0 Å². The highest BCUT2D eigenvalue weighted by atomic mass is 17.2. The fourth-order valence-corrected chi connectivity index (χ4v) is 8.13. The van der Waals surface area contributed by atoms with Crippen molar-refractivity contribution in [2.75, 3.05) is 39.5 Å². The van der Waals surface area contributed by atoms with Crippen LogP contribution in [0, 0.1) is 0 Å². The lowest BCUT2D eigenvalue weighted by Crippen LogP contribution is -2.34. The molecule has 3 aliphatic carbocycles. The molecule has 10 heteroatoms. The quantitative estimate of drug-likeness (QED) is 0.0413. The predicted octanol–water partition coefficient (Wildman–Crippen LogP) is 8.08. The van der Waals surface area contributed by atoms with E-state index in [-0.39, 0.29) is 50.4 Å². The van der Waals surface area contributed by atoms with Crippen molar-refractivity contribution in [1.29, 1.82) is 0 Å². The largest absolute Gasteiger partial charge is 0.461 e. The Balaban J connectivity index is 0.821. The molecular formula is C48H37NO9. The van der Waals surface area contributed by atoms with E-state index in [1.165, 1.54) is 0 Å². The summed E-state index contributed by atoms with van der Waals surface area (Å²) in [6.45, 7) is 1.89. The van der Waals surface area contributed by atoms with Crippen LogP contribution < -0.4 is 0 Å². The van der Waals surface area contributed by atoms with E-state index >= 15 is 0 Å². The van der Waals surface area contributed by atoms with E-state index in [4.69, 9.17) is 24.3 Å².